The number of halogens is 3. The summed E-state index contributed by atoms with van der Waals surface area (Å²) in [6.07, 6.45) is -3.55. The highest BCUT2D eigenvalue weighted by molar-refractivity contribution is 5.96. The van der Waals surface area contributed by atoms with Crippen LogP contribution in [0.3, 0.4) is 0 Å². The predicted octanol–water partition coefficient (Wildman–Crippen LogP) is 2.97. The third-order valence-corrected chi connectivity index (χ3v) is 5.96. The summed E-state index contributed by atoms with van der Waals surface area (Å²) < 4.78 is 38.3. The van der Waals surface area contributed by atoms with E-state index < -0.39 is 11.7 Å². The zero-order valence-corrected chi connectivity index (χ0v) is 18.6. The highest BCUT2D eigenvalue weighted by Gasteiger charge is 2.30. The van der Waals surface area contributed by atoms with E-state index in [0.29, 0.717) is 39.3 Å². The van der Waals surface area contributed by atoms with Crippen LogP contribution in [-0.4, -0.2) is 67.6 Å². The SMILES string of the molecule is O=C(NCC#Cc1cccc(C(F)(F)F)c1)N1CCN(CC(=O)N2CCc3ccccc32)CC1. The number of anilines is 1. The Morgan fingerprint density at radius 1 is 0.971 bits per heavy atom. The van der Waals surface area contributed by atoms with Gasteiger partial charge in [0, 0.05) is 44.0 Å². The number of hydrogen-bond acceptors (Lipinski definition) is 3. The van der Waals surface area contributed by atoms with Crippen LogP contribution in [0.15, 0.2) is 48.5 Å². The van der Waals surface area contributed by atoms with Crippen molar-refractivity contribution in [3.8, 4) is 11.8 Å². The first kappa shape index (κ1) is 23.6. The van der Waals surface area contributed by atoms with Crippen molar-refractivity contribution in [1.82, 2.24) is 15.1 Å². The maximum atomic E-state index is 12.8. The van der Waals surface area contributed by atoms with Crippen molar-refractivity contribution >= 4 is 17.6 Å². The summed E-state index contributed by atoms with van der Waals surface area (Å²) in [6, 6.07) is 12.4. The number of amides is 3. The van der Waals surface area contributed by atoms with Crippen molar-refractivity contribution in [2.45, 2.75) is 12.6 Å². The van der Waals surface area contributed by atoms with Crippen LogP contribution in [0.2, 0.25) is 0 Å². The Bertz CT molecular complexity index is 1110. The summed E-state index contributed by atoms with van der Waals surface area (Å²) in [5, 5.41) is 2.68. The molecule has 1 fully saturated rings. The second kappa shape index (κ2) is 10.2. The fraction of sp³-hybridized carbons (Fsp3) is 0.360. The zero-order chi connectivity index (χ0) is 24.1. The number of carbonyl (C=O) groups is 2. The molecule has 0 unspecified atom stereocenters. The van der Waals surface area contributed by atoms with Gasteiger partial charge in [0.2, 0.25) is 5.91 Å². The molecule has 0 spiro atoms. The van der Waals surface area contributed by atoms with Crippen molar-refractivity contribution < 1.29 is 22.8 Å². The predicted molar refractivity (Wildman–Crippen MR) is 122 cm³/mol. The van der Waals surface area contributed by atoms with Gasteiger partial charge >= 0.3 is 12.2 Å². The first-order valence-corrected chi connectivity index (χ1v) is 11.1. The Hall–Kier alpha value is -3.51. The van der Waals surface area contributed by atoms with Gasteiger partial charge in [-0.25, -0.2) is 4.79 Å². The average Bonchev–Trinajstić information content (AvgIpc) is 3.26. The van der Waals surface area contributed by atoms with E-state index in [0.717, 1.165) is 24.2 Å². The molecule has 2 heterocycles. The number of benzene rings is 2. The quantitative estimate of drug-likeness (QED) is 0.702. The van der Waals surface area contributed by atoms with E-state index in [9.17, 15) is 22.8 Å². The molecule has 34 heavy (non-hydrogen) atoms. The normalized spacial score (nSPS) is 16.0. The molecule has 2 aliphatic rings. The Morgan fingerprint density at radius 2 is 1.74 bits per heavy atom. The lowest BCUT2D eigenvalue weighted by atomic mass is 10.1. The molecule has 9 heteroatoms. The number of nitrogens with one attached hydrogen (secondary N) is 1. The highest BCUT2D eigenvalue weighted by atomic mass is 19.4. The maximum absolute atomic E-state index is 12.8. The smallest absolute Gasteiger partial charge is 0.327 e. The number of carbonyl (C=O) groups excluding carboxylic acids is 2. The fourth-order valence-corrected chi connectivity index (χ4v) is 4.13. The minimum Gasteiger partial charge on any atom is -0.327 e. The van der Waals surface area contributed by atoms with E-state index in [4.69, 9.17) is 0 Å². The zero-order valence-electron chi connectivity index (χ0n) is 18.6. The molecule has 2 aromatic rings. The van der Waals surface area contributed by atoms with Gasteiger partial charge in [0.05, 0.1) is 18.7 Å². The molecule has 1 saturated heterocycles. The van der Waals surface area contributed by atoms with Crippen LogP contribution in [0.5, 0.6) is 0 Å². The summed E-state index contributed by atoms with van der Waals surface area (Å²) in [5.74, 6) is 5.40. The van der Waals surface area contributed by atoms with E-state index >= 15 is 0 Å². The van der Waals surface area contributed by atoms with Gasteiger partial charge in [0.1, 0.15) is 0 Å². The van der Waals surface area contributed by atoms with Crippen LogP contribution in [0.1, 0.15) is 16.7 Å². The second-order valence-electron chi connectivity index (χ2n) is 8.23. The Labute approximate surface area is 196 Å². The van der Waals surface area contributed by atoms with Crippen molar-refractivity contribution in [2.75, 3.05) is 50.7 Å². The Kier molecular flexibility index (Phi) is 7.08. The van der Waals surface area contributed by atoms with E-state index in [1.807, 2.05) is 34.1 Å². The molecular weight excluding hydrogens is 445 g/mol. The summed E-state index contributed by atoms with van der Waals surface area (Å²) in [4.78, 5) is 30.7. The van der Waals surface area contributed by atoms with Crippen LogP contribution >= 0.6 is 0 Å². The number of alkyl halides is 3. The molecule has 0 atom stereocenters. The second-order valence-corrected chi connectivity index (χ2v) is 8.23. The number of piperazine rings is 1. The lowest BCUT2D eigenvalue weighted by Gasteiger charge is -2.34. The topological polar surface area (TPSA) is 55.9 Å². The average molecular weight is 470 g/mol. The number of rotatable bonds is 3. The number of urea groups is 1. The van der Waals surface area contributed by atoms with Crippen LogP contribution in [-0.2, 0) is 17.4 Å². The lowest BCUT2D eigenvalue weighted by molar-refractivity contribution is -0.137. The van der Waals surface area contributed by atoms with Crippen molar-refractivity contribution in [1.29, 1.82) is 0 Å². The molecule has 0 saturated carbocycles. The van der Waals surface area contributed by atoms with Crippen LogP contribution in [0, 0.1) is 11.8 Å². The lowest BCUT2D eigenvalue weighted by Crippen LogP contribution is -2.53. The fourth-order valence-electron chi connectivity index (χ4n) is 4.13. The third-order valence-electron chi connectivity index (χ3n) is 5.96. The number of hydrogen-bond donors (Lipinski definition) is 1. The number of para-hydroxylation sites is 1. The Balaban J connectivity index is 1.20. The first-order chi connectivity index (χ1) is 16.3. The van der Waals surface area contributed by atoms with Crippen LogP contribution < -0.4 is 10.2 Å². The minimum absolute atomic E-state index is 0.0299. The molecule has 0 bridgehead atoms. The van der Waals surface area contributed by atoms with E-state index in [1.54, 1.807) is 4.90 Å². The summed E-state index contributed by atoms with van der Waals surface area (Å²) in [7, 11) is 0. The van der Waals surface area contributed by atoms with Crippen molar-refractivity contribution in [2.24, 2.45) is 0 Å². The monoisotopic (exact) mass is 470 g/mol. The molecule has 0 aromatic heterocycles. The van der Waals surface area contributed by atoms with Gasteiger partial charge in [-0.15, -0.1) is 0 Å². The minimum atomic E-state index is -4.42. The van der Waals surface area contributed by atoms with Gasteiger partial charge in [0.15, 0.2) is 0 Å². The largest absolute Gasteiger partial charge is 0.416 e. The van der Waals surface area contributed by atoms with Gasteiger partial charge in [0.25, 0.3) is 0 Å². The molecule has 0 aliphatic carbocycles. The molecule has 2 aromatic carbocycles. The first-order valence-electron chi connectivity index (χ1n) is 11.1. The van der Waals surface area contributed by atoms with E-state index in [-0.39, 0.29) is 24.0 Å². The summed E-state index contributed by atoms with van der Waals surface area (Å²) >= 11 is 0. The number of fused-ring (bicyclic) bond motifs is 1. The molecule has 2 aliphatic heterocycles. The van der Waals surface area contributed by atoms with Gasteiger partial charge in [-0.2, -0.15) is 13.2 Å². The van der Waals surface area contributed by atoms with Crippen molar-refractivity contribution in [3.63, 3.8) is 0 Å². The number of nitrogens with zero attached hydrogens (tertiary/aromatic N) is 3. The molecule has 0 radical (unpaired) electrons. The summed E-state index contributed by atoms with van der Waals surface area (Å²) in [6.45, 7) is 3.18. The van der Waals surface area contributed by atoms with Gasteiger partial charge in [-0.3, -0.25) is 9.69 Å². The molecular formula is C25H25F3N4O2. The Morgan fingerprint density at radius 3 is 2.50 bits per heavy atom. The molecule has 178 valence electrons. The van der Waals surface area contributed by atoms with E-state index in [1.165, 1.54) is 17.7 Å². The van der Waals surface area contributed by atoms with Gasteiger partial charge in [-0.1, -0.05) is 36.1 Å². The maximum Gasteiger partial charge on any atom is 0.416 e. The third kappa shape index (κ3) is 5.69. The molecule has 3 amide bonds. The van der Waals surface area contributed by atoms with Gasteiger partial charge < -0.3 is 15.1 Å². The van der Waals surface area contributed by atoms with Crippen LogP contribution in [0.4, 0.5) is 23.7 Å². The van der Waals surface area contributed by atoms with Crippen LogP contribution in [0.25, 0.3) is 0 Å². The summed E-state index contributed by atoms with van der Waals surface area (Å²) in [5.41, 5.74) is 1.65. The molecule has 1 N–H and O–H groups in total. The van der Waals surface area contributed by atoms with Crippen molar-refractivity contribution in [3.05, 3.63) is 65.2 Å². The van der Waals surface area contributed by atoms with Gasteiger partial charge in [-0.05, 0) is 36.2 Å². The standard InChI is InChI=1S/C25H25F3N4O2/c26-25(27,28)21-8-3-5-19(17-21)6-4-11-29-24(34)31-15-13-30(14-16-31)18-23(33)32-12-10-20-7-1-2-9-22(20)32/h1-3,5,7-9,17H,10-16,18H2,(H,29,34). The highest BCUT2D eigenvalue weighted by Crippen LogP contribution is 2.29. The molecule has 4 rings (SSSR count). The molecule has 6 nitrogen and oxygen atoms in total. The van der Waals surface area contributed by atoms with E-state index in [2.05, 4.69) is 17.2 Å².